The van der Waals surface area contributed by atoms with Gasteiger partial charge in [-0.15, -0.1) is 0 Å². The van der Waals surface area contributed by atoms with Gasteiger partial charge in [0, 0.05) is 6.54 Å². The minimum atomic E-state index is -0.0312. The van der Waals surface area contributed by atoms with Crippen molar-refractivity contribution in [3.8, 4) is 5.75 Å². The molecule has 0 heterocycles. The second kappa shape index (κ2) is 6.59. The molecule has 0 aliphatic heterocycles. The minimum Gasteiger partial charge on any atom is -0.497 e. The molecule has 2 rings (SSSR count). The number of hydrogen-bond acceptors (Lipinski definition) is 3. The highest BCUT2D eigenvalue weighted by molar-refractivity contribution is 5.30. The van der Waals surface area contributed by atoms with Crippen molar-refractivity contribution >= 4 is 0 Å². The van der Waals surface area contributed by atoms with Gasteiger partial charge in [0.15, 0.2) is 0 Å². The van der Waals surface area contributed by atoms with Crippen molar-refractivity contribution in [2.75, 3.05) is 13.7 Å². The second-order valence-electron chi connectivity index (χ2n) is 6.50. The highest BCUT2D eigenvalue weighted by atomic mass is 16.5. The molecule has 1 aromatic rings. The number of nitrogens with two attached hydrogens (primary N) is 1. The molecule has 1 atom stereocenters. The van der Waals surface area contributed by atoms with E-state index in [4.69, 9.17) is 15.2 Å². The fourth-order valence-corrected chi connectivity index (χ4v) is 2.85. The monoisotopic (exact) mass is 277 g/mol. The lowest BCUT2D eigenvalue weighted by molar-refractivity contribution is -0.0429. The molecule has 1 aliphatic rings. The molecule has 1 aromatic carbocycles. The van der Waals surface area contributed by atoms with Gasteiger partial charge in [0.1, 0.15) is 5.75 Å². The van der Waals surface area contributed by atoms with E-state index < -0.39 is 0 Å². The molecule has 0 bridgehead atoms. The second-order valence-corrected chi connectivity index (χ2v) is 6.50. The van der Waals surface area contributed by atoms with E-state index in [1.165, 1.54) is 12.8 Å². The molecule has 0 radical (unpaired) electrons. The van der Waals surface area contributed by atoms with E-state index in [9.17, 15) is 0 Å². The fraction of sp³-hybridized carbons (Fsp3) is 0.647. The molecule has 1 saturated carbocycles. The maximum atomic E-state index is 6.24. The normalized spacial score (nSPS) is 20.6. The predicted molar refractivity (Wildman–Crippen MR) is 81.9 cm³/mol. The van der Waals surface area contributed by atoms with Crippen LogP contribution in [0.2, 0.25) is 0 Å². The van der Waals surface area contributed by atoms with Crippen LogP contribution >= 0.6 is 0 Å². The van der Waals surface area contributed by atoms with Crippen molar-refractivity contribution in [2.24, 2.45) is 11.1 Å². The molecule has 1 unspecified atom stereocenters. The first kappa shape index (κ1) is 15.3. The molecule has 3 nitrogen and oxygen atoms in total. The van der Waals surface area contributed by atoms with Crippen LogP contribution < -0.4 is 10.5 Å². The average Bonchev–Trinajstić information content (AvgIpc) is 2.46. The van der Waals surface area contributed by atoms with E-state index in [0.29, 0.717) is 18.1 Å². The van der Waals surface area contributed by atoms with E-state index in [-0.39, 0.29) is 6.10 Å². The third-order valence-corrected chi connectivity index (χ3v) is 4.32. The smallest absolute Gasteiger partial charge is 0.119 e. The van der Waals surface area contributed by atoms with Crippen LogP contribution in [0.25, 0.3) is 0 Å². The molecule has 0 saturated heterocycles. The van der Waals surface area contributed by atoms with Gasteiger partial charge in [-0.1, -0.05) is 26.0 Å². The third kappa shape index (κ3) is 3.97. The van der Waals surface area contributed by atoms with Crippen molar-refractivity contribution < 1.29 is 9.47 Å². The average molecular weight is 277 g/mol. The van der Waals surface area contributed by atoms with Crippen molar-refractivity contribution in [1.29, 1.82) is 0 Å². The van der Waals surface area contributed by atoms with Crippen LogP contribution in [0.3, 0.4) is 0 Å². The summed E-state index contributed by atoms with van der Waals surface area (Å²) in [5, 5.41) is 0. The van der Waals surface area contributed by atoms with Crippen LogP contribution in [-0.4, -0.2) is 19.8 Å². The summed E-state index contributed by atoms with van der Waals surface area (Å²) in [6.07, 6.45) is 5.03. The summed E-state index contributed by atoms with van der Waals surface area (Å²) < 4.78 is 11.5. The summed E-state index contributed by atoms with van der Waals surface area (Å²) in [6.45, 7) is 5.18. The van der Waals surface area contributed by atoms with Crippen molar-refractivity contribution in [3.63, 3.8) is 0 Å². The Morgan fingerprint density at radius 1 is 1.30 bits per heavy atom. The molecule has 0 spiro atoms. The zero-order valence-electron chi connectivity index (χ0n) is 12.9. The molecule has 20 heavy (non-hydrogen) atoms. The van der Waals surface area contributed by atoms with Gasteiger partial charge in [-0.3, -0.25) is 0 Å². The van der Waals surface area contributed by atoms with E-state index in [1.807, 2.05) is 18.2 Å². The van der Waals surface area contributed by atoms with E-state index in [1.54, 1.807) is 7.11 Å². The molecule has 2 N–H and O–H groups in total. The Balaban J connectivity index is 1.98. The van der Waals surface area contributed by atoms with Gasteiger partial charge in [0.05, 0.1) is 19.3 Å². The fourth-order valence-electron chi connectivity index (χ4n) is 2.85. The van der Waals surface area contributed by atoms with Gasteiger partial charge >= 0.3 is 0 Å². The van der Waals surface area contributed by atoms with Crippen LogP contribution in [0.5, 0.6) is 5.75 Å². The summed E-state index contributed by atoms with van der Waals surface area (Å²) in [4.78, 5) is 0. The highest BCUT2D eigenvalue weighted by Gasteiger charge is 2.28. The van der Waals surface area contributed by atoms with Gasteiger partial charge in [-0.25, -0.2) is 0 Å². The Bertz CT molecular complexity index is 421. The number of rotatable bonds is 5. The Morgan fingerprint density at radius 2 is 2.00 bits per heavy atom. The molecule has 0 amide bonds. The van der Waals surface area contributed by atoms with Crippen molar-refractivity contribution in [3.05, 3.63) is 29.8 Å². The van der Waals surface area contributed by atoms with E-state index >= 15 is 0 Å². The molecule has 0 aromatic heterocycles. The molecule has 1 aliphatic carbocycles. The van der Waals surface area contributed by atoms with Gasteiger partial charge < -0.3 is 15.2 Å². The molecule has 3 heteroatoms. The topological polar surface area (TPSA) is 44.5 Å². The van der Waals surface area contributed by atoms with E-state index in [0.717, 1.165) is 24.2 Å². The Kier molecular flexibility index (Phi) is 5.06. The van der Waals surface area contributed by atoms with E-state index in [2.05, 4.69) is 19.9 Å². The Hall–Kier alpha value is -1.06. The summed E-state index contributed by atoms with van der Waals surface area (Å²) >= 11 is 0. The van der Waals surface area contributed by atoms with Crippen LogP contribution in [-0.2, 0) is 4.74 Å². The van der Waals surface area contributed by atoms with Gasteiger partial charge in [-0.2, -0.15) is 0 Å². The minimum absolute atomic E-state index is 0.0312. The number of ether oxygens (including phenoxy) is 2. The molecular formula is C17H27NO2. The highest BCUT2D eigenvalue weighted by Crippen LogP contribution is 2.37. The number of methoxy groups -OCH3 is 1. The third-order valence-electron chi connectivity index (χ3n) is 4.32. The molecule has 1 fully saturated rings. The maximum absolute atomic E-state index is 6.24. The zero-order valence-corrected chi connectivity index (χ0v) is 12.9. The SMILES string of the molecule is COc1cccc(C(CN)OC2CCC(C)(C)CC2)c1. The van der Waals surface area contributed by atoms with Crippen LogP contribution in [0, 0.1) is 5.41 Å². The van der Waals surface area contributed by atoms with Gasteiger partial charge in [0.25, 0.3) is 0 Å². The lowest BCUT2D eigenvalue weighted by atomic mass is 9.76. The van der Waals surface area contributed by atoms with Crippen LogP contribution in [0.4, 0.5) is 0 Å². The Morgan fingerprint density at radius 3 is 2.60 bits per heavy atom. The lowest BCUT2D eigenvalue weighted by Crippen LogP contribution is -2.29. The summed E-state index contributed by atoms with van der Waals surface area (Å²) in [5.74, 6) is 0.856. The quantitative estimate of drug-likeness (QED) is 0.893. The van der Waals surface area contributed by atoms with Gasteiger partial charge in [0.2, 0.25) is 0 Å². The number of hydrogen-bond donors (Lipinski definition) is 1. The lowest BCUT2D eigenvalue weighted by Gasteiger charge is -2.35. The summed E-state index contributed by atoms with van der Waals surface area (Å²) in [7, 11) is 1.68. The molecular weight excluding hydrogens is 250 g/mol. The van der Waals surface area contributed by atoms with Crippen LogP contribution in [0.15, 0.2) is 24.3 Å². The largest absolute Gasteiger partial charge is 0.497 e. The first-order valence-electron chi connectivity index (χ1n) is 7.53. The summed E-state index contributed by atoms with van der Waals surface area (Å²) in [6, 6.07) is 8.02. The predicted octanol–water partition coefficient (Wildman–Crippen LogP) is 3.68. The standard InChI is InChI=1S/C17H27NO2/c1-17(2)9-7-14(8-10-17)20-16(12-18)13-5-4-6-15(11-13)19-3/h4-6,11,14,16H,7-10,12,18H2,1-3H3. The maximum Gasteiger partial charge on any atom is 0.119 e. The zero-order chi connectivity index (χ0) is 14.6. The summed E-state index contributed by atoms with van der Waals surface area (Å²) in [5.41, 5.74) is 7.48. The van der Waals surface area contributed by atoms with Crippen molar-refractivity contribution in [2.45, 2.75) is 51.7 Å². The van der Waals surface area contributed by atoms with Crippen LogP contribution in [0.1, 0.15) is 51.2 Å². The Labute approximate surface area is 122 Å². The first-order chi connectivity index (χ1) is 9.54. The van der Waals surface area contributed by atoms with Crippen molar-refractivity contribution in [1.82, 2.24) is 0 Å². The first-order valence-corrected chi connectivity index (χ1v) is 7.53. The van der Waals surface area contributed by atoms with Gasteiger partial charge in [-0.05, 0) is 48.8 Å². The number of benzene rings is 1. The molecule has 112 valence electrons.